The highest BCUT2D eigenvalue weighted by Crippen LogP contribution is 2.18. The van der Waals surface area contributed by atoms with Crippen molar-refractivity contribution in [3.05, 3.63) is 46.5 Å². The Bertz CT molecular complexity index is 824. The van der Waals surface area contributed by atoms with Crippen LogP contribution in [0.25, 0.3) is 10.9 Å². The minimum Gasteiger partial charge on any atom is -0.494 e. The molecule has 2 aromatic heterocycles. The van der Waals surface area contributed by atoms with E-state index in [1.54, 1.807) is 10.7 Å². The third kappa shape index (κ3) is 3.13. The summed E-state index contributed by atoms with van der Waals surface area (Å²) in [6.07, 6.45) is 1.62. The molecule has 3 aromatic rings. The van der Waals surface area contributed by atoms with Crippen molar-refractivity contribution in [2.45, 2.75) is 26.3 Å². The molecule has 1 N–H and O–H groups in total. The van der Waals surface area contributed by atoms with Gasteiger partial charge in [0.25, 0.3) is 0 Å². The molecule has 0 saturated carbocycles. The first-order chi connectivity index (χ1) is 10.8. The molecule has 3 rings (SSSR count). The molecule has 7 nitrogen and oxygen atoms in total. The SMILES string of the molecule is CCn1nnnc1CCCOc1ccc2[nH]c(=O)ccc2c1. The second-order valence-corrected chi connectivity index (χ2v) is 4.93. The summed E-state index contributed by atoms with van der Waals surface area (Å²) in [4.78, 5) is 14.0. The van der Waals surface area contributed by atoms with Crippen LogP contribution in [0.5, 0.6) is 5.75 Å². The highest BCUT2D eigenvalue weighted by Gasteiger charge is 2.04. The van der Waals surface area contributed by atoms with E-state index in [-0.39, 0.29) is 5.56 Å². The number of nitrogens with zero attached hydrogens (tertiary/aromatic N) is 4. The highest BCUT2D eigenvalue weighted by molar-refractivity contribution is 5.79. The highest BCUT2D eigenvalue weighted by atomic mass is 16.5. The lowest BCUT2D eigenvalue weighted by atomic mass is 10.2. The molecule has 0 bridgehead atoms. The Morgan fingerprint density at radius 1 is 1.27 bits per heavy atom. The summed E-state index contributed by atoms with van der Waals surface area (Å²) in [5, 5.41) is 12.5. The number of rotatable bonds is 6. The molecule has 0 aliphatic heterocycles. The van der Waals surface area contributed by atoms with E-state index in [9.17, 15) is 4.79 Å². The molecule has 0 aliphatic rings. The van der Waals surface area contributed by atoms with Crippen molar-refractivity contribution >= 4 is 10.9 Å². The largest absolute Gasteiger partial charge is 0.494 e. The third-order valence-corrected chi connectivity index (χ3v) is 3.41. The summed E-state index contributed by atoms with van der Waals surface area (Å²) >= 11 is 0. The first-order valence-electron chi connectivity index (χ1n) is 7.27. The first-order valence-corrected chi connectivity index (χ1v) is 7.27. The fourth-order valence-electron chi connectivity index (χ4n) is 2.29. The van der Waals surface area contributed by atoms with Crippen LogP contribution in [0.15, 0.2) is 35.1 Å². The average Bonchev–Trinajstić information content (AvgIpc) is 2.99. The number of aromatic amines is 1. The van der Waals surface area contributed by atoms with Crippen molar-refractivity contribution in [3.63, 3.8) is 0 Å². The molecule has 0 spiro atoms. The number of nitrogens with one attached hydrogen (secondary N) is 1. The zero-order chi connectivity index (χ0) is 15.4. The zero-order valence-corrected chi connectivity index (χ0v) is 12.3. The number of pyridine rings is 1. The predicted molar refractivity (Wildman–Crippen MR) is 81.9 cm³/mol. The van der Waals surface area contributed by atoms with E-state index in [0.717, 1.165) is 41.9 Å². The Morgan fingerprint density at radius 3 is 3.05 bits per heavy atom. The maximum Gasteiger partial charge on any atom is 0.248 e. The molecular formula is C15H17N5O2. The van der Waals surface area contributed by atoms with Gasteiger partial charge < -0.3 is 9.72 Å². The molecular weight excluding hydrogens is 282 g/mol. The van der Waals surface area contributed by atoms with Crippen LogP contribution in [-0.2, 0) is 13.0 Å². The van der Waals surface area contributed by atoms with E-state index in [2.05, 4.69) is 20.5 Å². The van der Waals surface area contributed by atoms with E-state index in [1.165, 1.54) is 6.07 Å². The second kappa shape index (κ2) is 6.38. The number of H-pyrrole nitrogens is 1. The van der Waals surface area contributed by atoms with E-state index in [4.69, 9.17) is 4.74 Å². The molecule has 0 saturated heterocycles. The van der Waals surface area contributed by atoms with Crippen molar-refractivity contribution in [3.8, 4) is 5.75 Å². The van der Waals surface area contributed by atoms with Gasteiger partial charge in [0.15, 0.2) is 5.82 Å². The van der Waals surface area contributed by atoms with Gasteiger partial charge in [-0.05, 0) is 48.0 Å². The van der Waals surface area contributed by atoms with Gasteiger partial charge in [0.1, 0.15) is 5.75 Å². The normalized spacial score (nSPS) is 11.0. The maximum atomic E-state index is 11.2. The van der Waals surface area contributed by atoms with Crippen LogP contribution >= 0.6 is 0 Å². The summed E-state index contributed by atoms with van der Waals surface area (Å²) < 4.78 is 7.53. The van der Waals surface area contributed by atoms with Crippen LogP contribution in [0.3, 0.4) is 0 Å². The summed E-state index contributed by atoms with van der Waals surface area (Å²) in [5.41, 5.74) is 0.705. The number of aromatic nitrogens is 5. The van der Waals surface area contributed by atoms with Gasteiger partial charge in [0, 0.05) is 29.9 Å². The number of fused-ring (bicyclic) bond motifs is 1. The average molecular weight is 299 g/mol. The summed E-state index contributed by atoms with van der Waals surface area (Å²) in [6.45, 7) is 3.37. The molecule has 0 fully saturated rings. The molecule has 22 heavy (non-hydrogen) atoms. The van der Waals surface area contributed by atoms with Crippen molar-refractivity contribution < 1.29 is 4.74 Å². The van der Waals surface area contributed by atoms with Gasteiger partial charge in [-0.15, -0.1) is 5.10 Å². The molecule has 0 radical (unpaired) electrons. The number of ether oxygens (including phenoxy) is 1. The van der Waals surface area contributed by atoms with Crippen molar-refractivity contribution in [1.82, 2.24) is 25.2 Å². The van der Waals surface area contributed by atoms with Gasteiger partial charge >= 0.3 is 0 Å². The zero-order valence-electron chi connectivity index (χ0n) is 12.3. The Labute approximate surface area is 126 Å². The summed E-state index contributed by atoms with van der Waals surface area (Å²) in [6, 6.07) is 8.92. The van der Waals surface area contributed by atoms with Crippen molar-refractivity contribution in [2.24, 2.45) is 0 Å². The molecule has 7 heteroatoms. The molecule has 0 atom stereocenters. The monoisotopic (exact) mass is 299 g/mol. The quantitative estimate of drug-likeness (QED) is 0.698. The number of tetrazole rings is 1. The lowest BCUT2D eigenvalue weighted by Gasteiger charge is -2.07. The molecule has 0 unspecified atom stereocenters. The van der Waals surface area contributed by atoms with E-state index in [1.807, 2.05) is 25.1 Å². The Balaban J connectivity index is 1.57. The lowest BCUT2D eigenvalue weighted by Crippen LogP contribution is -2.06. The van der Waals surface area contributed by atoms with Crippen LogP contribution in [0.4, 0.5) is 0 Å². The van der Waals surface area contributed by atoms with Gasteiger partial charge in [-0.1, -0.05) is 0 Å². The topological polar surface area (TPSA) is 85.7 Å². The van der Waals surface area contributed by atoms with Gasteiger partial charge in [-0.25, -0.2) is 4.68 Å². The molecule has 0 amide bonds. The van der Waals surface area contributed by atoms with Gasteiger partial charge in [0.05, 0.1) is 6.61 Å². The molecule has 2 heterocycles. The number of benzene rings is 1. The lowest BCUT2D eigenvalue weighted by molar-refractivity contribution is 0.309. The fraction of sp³-hybridized carbons (Fsp3) is 0.333. The van der Waals surface area contributed by atoms with Gasteiger partial charge in [-0.2, -0.15) is 0 Å². The Kier molecular flexibility index (Phi) is 4.13. The Hall–Kier alpha value is -2.70. The van der Waals surface area contributed by atoms with Crippen LogP contribution in [0.2, 0.25) is 0 Å². The van der Waals surface area contributed by atoms with Crippen LogP contribution in [-0.4, -0.2) is 31.8 Å². The minimum atomic E-state index is -0.102. The fourth-order valence-corrected chi connectivity index (χ4v) is 2.29. The standard InChI is InChI=1S/C15H17N5O2/c1-2-20-14(17-18-19-20)4-3-9-22-12-6-7-13-11(10-12)5-8-15(21)16-13/h5-8,10H,2-4,9H2,1H3,(H,16,21). The second-order valence-electron chi connectivity index (χ2n) is 4.93. The number of aryl methyl sites for hydroxylation is 2. The number of hydrogen-bond donors (Lipinski definition) is 1. The van der Waals surface area contributed by atoms with E-state index in [0.29, 0.717) is 6.61 Å². The van der Waals surface area contributed by atoms with Crippen molar-refractivity contribution in [2.75, 3.05) is 6.61 Å². The minimum absolute atomic E-state index is 0.102. The molecule has 0 aliphatic carbocycles. The summed E-state index contributed by atoms with van der Waals surface area (Å²) in [7, 11) is 0. The first kappa shape index (κ1) is 14.2. The third-order valence-electron chi connectivity index (χ3n) is 3.41. The van der Waals surface area contributed by atoms with Gasteiger partial charge in [-0.3, -0.25) is 4.79 Å². The van der Waals surface area contributed by atoms with Crippen LogP contribution in [0, 0.1) is 0 Å². The van der Waals surface area contributed by atoms with Gasteiger partial charge in [0.2, 0.25) is 5.56 Å². The van der Waals surface area contributed by atoms with E-state index < -0.39 is 0 Å². The maximum absolute atomic E-state index is 11.2. The predicted octanol–water partition coefficient (Wildman–Crippen LogP) is 1.55. The molecule has 114 valence electrons. The van der Waals surface area contributed by atoms with E-state index >= 15 is 0 Å². The van der Waals surface area contributed by atoms with Crippen LogP contribution in [0.1, 0.15) is 19.2 Å². The number of hydrogen-bond acceptors (Lipinski definition) is 5. The smallest absolute Gasteiger partial charge is 0.248 e. The Morgan fingerprint density at radius 2 is 2.18 bits per heavy atom. The molecule has 1 aromatic carbocycles. The van der Waals surface area contributed by atoms with Crippen LogP contribution < -0.4 is 10.3 Å². The summed E-state index contributed by atoms with van der Waals surface area (Å²) in [5.74, 6) is 1.66. The van der Waals surface area contributed by atoms with Crippen molar-refractivity contribution in [1.29, 1.82) is 0 Å².